The maximum absolute atomic E-state index is 6.19. The SMILES string of the molecule is C/C(=C\[C@H]1COC(C)(C)O1)CO[Si](C)(C)C(C)(C)C. The van der Waals surface area contributed by atoms with Crippen LogP contribution in [0.5, 0.6) is 0 Å². The quantitative estimate of drug-likeness (QED) is 0.575. The van der Waals surface area contributed by atoms with Crippen LogP contribution in [0.2, 0.25) is 18.1 Å². The molecule has 0 spiro atoms. The third-order valence-electron chi connectivity index (χ3n) is 3.97. The van der Waals surface area contributed by atoms with Crippen molar-refractivity contribution in [2.24, 2.45) is 0 Å². The van der Waals surface area contributed by atoms with Crippen molar-refractivity contribution in [2.75, 3.05) is 13.2 Å². The third kappa shape index (κ3) is 5.03. The van der Waals surface area contributed by atoms with Crippen molar-refractivity contribution in [1.29, 1.82) is 0 Å². The van der Waals surface area contributed by atoms with E-state index in [0.717, 1.165) is 0 Å². The van der Waals surface area contributed by atoms with Gasteiger partial charge in [0.2, 0.25) is 0 Å². The number of hydrogen-bond acceptors (Lipinski definition) is 3. The average Bonchev–Trinajstić information content (AvgIpc) is 2.53. The standard InChI is InChI=1S/C15H30O3Si/c1-12(9-13-11-16-15(5,6)18-13)10-17-19(7,8)14(2,3)4/h9,13H,10-11H2,1-8H3/b12-9+/t13-/m0/s1. The third-order valence-corrected chi connectivity index (χ3v) is 8.45. The fourth-order valence-corrected chi connectivity index (χ4v) is 2.70. The average molecular weight is 286 g/mol. The number of ether oxygens (including phenoxy) is 2. The molecule has 0 N–H and O–H groups in total. The normalized spacial score (nSPS) is 24.8. The van der Waals surface area contributed by atoms with Crippen LogP contribution in [-0.2, 0) is 13.9 Å². The van der Waals surface area contributed by atoms with Gasteiger partial charge < -0.3 is 13.9 Å². The second-order valence-corrected chi connectivity index (χ2v) is 12.2. The molecule has 1 aliphatic rings. The van der Waals surface area contributed by atoms with E-state index >= 15 is 0 Å². The lowest BCUT2D eigenvalue weighted by Crippen LogP contribution is -2.41. The molecule has 0 aliphatic carbocycles. The zero-order chi connectivity index (χ0) is 14.9. The monoisotopic (exact) mass is 286 g/mol. The fraction of sp³-hybridized carbons (Fsp3) is 0.867. The van der Waals surface area contributed by atoms with Crippen LogP contribution in [0.3, 0.4) is 0 Å². The summed E-state index contributed by atoms with van der Waals surface area (Å²) < 4.78 is 17.5. The number of hydrogen-bond donors (Lipinski definition) is 0. The molecule has 4 heteroatoms. The molecule has 0 aromatic rings. The van der Waals surface area contributed by atoms with Crippen molar-refractivity contribution in [2.45, 2.75) is 71.6 Å². The molecule has 3 nitrogen and oxygen atoms in total. The molecule has 0 amide bonds. The largest absolute Gasteiger partial charge is 0.413 e. The molecule has 1 atom stereocenters. The van der Waals surface area contributed by atoms with Crippen molar-refractivity contribution in [3.05, 3.63) is 11.6 Å². The predicted molar refractivity (Wildman–Crippen MR) is 81.8 cm³/mol. The summed E-state index contributed by atoms with van der Waals surface area (Å²) in [4.78, 5) is 0. The zero-order valence-electron chi connectivity index (χ0n) is 13.8. The van der Waals surface area contributed by atoms with E-state index in [-0.39, 0.29) is 11.1 Å². The van der Waals surface area contributed by atoms with E-state index in [1.54, 1.807) is 0 Å². The lowest BCUT2D eigenvalue weighted by atomic mass is 10.2. The van der Waals surface area contributed by atoms with Gasteiger partial charge in [0.15, 0.2) is 14.1 Å². The summed E-state index contributed by atoms with van der Waals surface area (Å²) in [6.45, 7) is 18.6. The topological polar surface area (TPSA) is 27.7 Å². The molecule has 1 fully saturated rings. The highest BCUT2D eigenvalue weighted by molar-refractivity contribution is 6.74. The first-order chi connectivity index (χ1) is 8.43. The summed E-state index contributed by atoms with van der Waals surface area (Å²) in [6, 6.07) is 0. The maximum atomic E-state index is 6.19. The van der Waals surface area contributed by atoms with E-state index in [1.165, 1.54) is 5.57 Å². The van der Waals surface area contributed by atoms with E-state index in [2.05, 4.69) is 46.9 Å². The molecule has 0 unspecified atom stereocenters. The molecule has 0 bridgehead atoms. The van der Waals surface area contributed by atoms with Gasteiger partial charge in [-0.1, -0.05) is 32.4 Å². The predicted octanol–water partition coefficient (Wildman–Crippen LogP) is 4.11. The molecule has 0 aromatic heterocycles. The van der Waals surface area contributed by atoms with E-state index < -0.39 is 14.1 Å². The van der Waals surface area contributed by atoms with Crippen LogP contribution >= 0.6 is 0 Å². The smallest absolute Gasteiger partial charge is 0.192 e. The Kier molecular flexibility index (Phi) is 5.05. The second-order valence-electron chi connectivity index (χ2n) is 7.43. The molecule has 1 saturated heterocycles. The van der Waals surface area contributed by atoms with E-state index in [0.29, 0.717) is 13.2 Å². The summed E-state index contributed by atoms with van der Waals surface area (Å²) in [7, 11) is -1.66. The van der Waals surface area contributed by atoms with Gasteiger partial charge in [0.25, 0.3) is 0 Å². The Morgan fingerprint density at radius 2 is 1.95 bits per heavy atom. The van der Waals surface area contributed by atoms with Gasteiger partial charge in [0.1, 0.15) is 6.10 Å². The van der Waals surface area contributed by atoms with Gasteiger partial charge in [-0.25, -0.2) is 0 Å². The summed E-state index contributed by atoms with van der Waals surface area (Å²) in [6.07, 6.45) is 2.18. The molecular formula is C15H30O3Si. The summed E-state index contributed by atoms with van der Waals surface area (Å²) >= 11 is 0. The summed E-state index contributed by atoms with van der Waals surface area (Å²) in [5.41, 5.74) is 1.22. The van der Waals surface area contributed by atoms with Crippen molar-refractivity contribution in [3.8, 4) is 0 Å². The Hall–Kier alpha value is -0.163. The molecule has 0 radical (unpaired) electrons. The van der Waals surface area contributed by atoms with Crippen LogP contribution in [0, 0.1) is 0 Å². The number of rotatable bonds is 4. The van der Waals surface area contributed by atoms with Crippen LogP contribution in [0.4, 0.5) is 0 Å². The van der Waals surface area contributed by atoms with Gasteiger partial charge in [0, 0.05) is 0 Å². The van der Waals surface area contributed by atoms with Crippen molar-refractivity contribution < 1.29 is 13.9 Å². The Balaban J connectivity index is 2.50. The highest BCUT2D eigenvalue weighted by Crippen LogP contribution is 2.36. The van der Waals surface area contributed by atoms with Crippen LogP contribution in [0.1, 0.15) is 41.5 Å². The van der Waals surface area contributed by atoms with E-state index in [1.807, 2.05) is 13.8 Å². The minimum Gasteiger partial charge on any atom is -0.413 e. The van der Waals surface area contributed by atoms with Crippen molar-refractivity contribution in [1.82, 2.24) is 0 Å². The van der Waals surface area contributed by atoms with Gasteiger partial charge in [0.05, 0.1) is 13.2 Å². The van der Waals surface area contributed by atoms with E-state index in [4.69, 9.17) is 13.9 Å². The second kappa shape index (κ2) is 5.68. The van der Waals surface area contributed by atoms with Crippen LogP contribution in [0.25, 0.3) is 0 Å². The van der Waals surface area contributed by atoms with Crippen LogP contribution in [-0.4, -0.2) is 33.4 Å². The Bertz CT molecular complexity index is 340. The molecule has 19 heavy (non-hydrogen) atoms. The molecule has 112 valence electrons. The first-order valence-electron chi connectivity index (χ1n) is 7.06. The zero-order valence-corrected chi connectivity index (χ0v) is 14.8. The first kappa shape index (κ1) is 16.9. The molecule has 1 aliphatic heterocycles. The maximum Gasteiger partial charge on any atom is 0.192 e. The summed E-state index contributed by atoms with van der Waals surface area (Å²) in [5.74, 6) is -0.457. The van der Waals surface area contributed by atoms with Crippen molar-refractivity contribution in [3.63, 3.8) is 0 Å². The highest BCUT2D eigenvalue weighted by atomic mass is 28.4. The fourth-order valence-electron chi connectivity index (χ4n) is 1.67. The molecule has 1 heterocycles. The Morgan fingerprint density at radius 3 is 2.37 bits per heavy atom. The minimum absolute atomic E-state index is 0.0537. The van der Waals surface area contributed by atoms with Gasteiger partial charge in [-0.05, 0) is 38.9 Å². The highest BCUT2D eigenvalue weighted by Gasteiger charge is 2.37. The summed E-state index contributed by atoms with van der Waals surface area (Å²) in [5, 5.41) is 0.252. The Morgan fingerprint density at radius 1 is 1.37 bits per heavy atom. The van der Waals surface area contributed by atoms with Crippen LogP contribution < -0.4 is 0 Å². The van der Waals surface area contributed by atoms with Gasteiger partial charge in [-0.3, -0.25) is 0 Å². The first-order valence-corrected chi connectivity index (χ1v) is 9.97. The van der Waals surface area contributed by atoms with Crippen LogP contribution in [0.15, 0.2) is 11.6 Å². The molecule has 0 saturated carbocycles. The van der Waals surface area contributed by atoms with Gasteiger partial charge >= 0.3 is 0 Å². The van der Waals surface area contributed by atoms with Gasteiger partial charge in [-0.15, -0.1) is 0 Å². The lowest BCUT2D eigenvalue weighted by Gasteiger charge is -2.36. The van der Waals surface area contributed by atoms with Crippen molar-refractivity contribution >= 4 is 8.32 Å². The minimum atomic E-state index is -1.66. The molecule has 1 rings (SSSR count). The van der Waals surface area contributed by atoms with Gasteiger partial charge in [-0.2, -0.15) is 0 Å². The molecular weight excluding hydrogens is 256 g/mol. The lowest BCUT2D eigenvalue weighted by molar-refractivity contribution is -0.133. The Labute approximate surface area is 119 Å². The molecule has 0 aromatic carbocycles. The van der Waals surface area contributed by atoms with E-state index in [9.17, 15) is 0 Å².